The standard InChI is InChI=1S/C11H16N4O3/c1-2-8-12-10(14-13-8)11(18)15-4-3-7(6-15)5-9(16)17/h7H,2-6H2,1H3,(H,16,17)(H,12,13,14). The van der Waals surface area contributed by atoms with E-state index in [0.29, 0.717) is 25.3 Å². The molecule has 0 radical (unpaired) electrons. The van der Waals surface area contributed by atoms with E-state index in [2.05, 4.69) is 15.2 Å². The summed E-state index contributed by atoms with van der Waals surface area (Å²) >= 11 is 0. The van der Waals surface area contributed by atoms with Crippen LogP contribution in [0.3, 0.4) is 0 Å². The number of hydrogen-bond acceptors (Lipinski definition) is 4. The Morgan fingerprint density at radius 2 is 2.33 bits per heavy atom. The normalized spacial score (nSPS) is 19.2. The van der Waals surface area contributed by atoms with Crippen LogP contribution < -0.4 is 0 Å². The van der Waals surface area contributed by atoms with Crippen LogP contribution in [0.5, 0.6) is 0 Å². The number of aryl methyl sites for hydroxylation is 1. The monoisotopic (exact) mass is 252 g/mol. The quantitative estimate of drug-likeness (QED) is 0.803. The van der Waals surface area contributed by atoms with Gasteiger partial charge in [0.2, 0.25) is 5.82 Å². The molecule has 0 spiro atoms. The number of carbonyl (C=O) groups is 2. The molecule has 1 aliphatic rings. The highest BCUT2D eigenvalue weighted by atomic mass is 16.4. The molecule has 0 aliphatic carbocycles. The molecule has 1 unspecified atom stereocenters. The number of carbonyl (C=O) groups excluding carboxylic acids is 1. The lowest BCUT2D eigenvalue weighted by atomic mass is 10.1. The van der Waals surface area contributed by atoms with E-state index in [9.17, 15) is 9.59 Å². The fraction of sp³-hybridized carbons (Fsp3) is 0.636. The largest absolute Gasteiger partial charge is 0.481 e. The summed E-state index contributed by atoms with van der Waals surface area (Å²) < 4.78 is 0. The topological polar surface area (TPSA) is 99.2 Å². The molecule has 0 saturated carbocycles. The molecule has 2 heterocycles. The van der Waals surface area contributed by atoms with Crippen LogP contribution in [-0.2, 0) is 11.2 Å². The second-order valence-electron chi connectivity index (χ2n) is 4.46. The first-order valence-corrected chi connectivity index (χ1v) is 6.02. The molecule has 1 saturated heterocycles. The predicted molar refractivity (Wildman–Crippen MR) is 62.0 cm³/mol. The predicted octanol–water partition coefficient (Wildman–Crippen LogP) is 0.304. The molecule has 0 bridgehead atoms. The number of carboxylic acid groups (broad SMARTS) is 1. The summed E-state index contributed by atoms with van der Waals surface area (Å²) in [6.07, 6.45) is 1.53. The number of nitrogens with one attached hydrogen (secondary N) is 1. The van der Waals surface area contributed by atoms with Gasteiger partial charge >= 0.3 is 5.97 Å². The summed E-state index contributed by atoms with van der Waals surface area (Å²) in [6.45, 7) is 2.97. The highest BCUT2D eigenvalue weighted by Crippen LogP contribution is 2.20. The van der Waals surface area contributed by atoms with Crippen molar-refractivity contribution in [1.82, 2.24) is 20.1 Å². The van der Waals surface area contributed by atoms with Crippen LogP contribution in [0, 0.1) is 5.92 Å². The van der Waals surface area contributed by atoms with Gasteiger partial charge in [-0.1, -0.05) is 6.92 Å². The van der Waals surface area contributed by atoms with Crippen molar-refractivity contribution in [3.63, 3.8) is 0 Å². The molecule has 0 aromatic carbocycles. The maximum atomic E-state index is 12.0. The Labute approximate surface area is 104 Å². The molecular weight excluding hydrogens is 236 g/mol. The smallest absolute Gasteiger partial charge is 0.303 e. The zero-order chi connectivity index (χ0) is 13.1. The van der Waals surface area contributed by atoms with Crippen LogP contribution in [0.2, 0.25) is 0 Å². The van der Waals surface area contributed by atoms with Crippen LogP contribution in [0.1, 0.15) is 36.2 Å². The Morgan fingerprint density at radius 1 is 1.56 bits per heavy atom. The van der Waals surface area contributed by atoms with Crippen molar-refractivity contribution < 1.29 is 14.7 Å². The third-order valence-electron chi connectivity index (χ3n) is 3.09. The van der Waals surface area contributed by atoms with Gasteiger partial charge in [0.1, 0.15) is 5.82 Å². The van der Waals surface area contributed by atoms with Gasteiger partial charge < -0.3 is 10.0 Å². The van der Waals surface area contributed by atoms with Gasteiger partial charge in [0.05, 0.1) is 0 Å². The summed E-state index contributed by atoms with van der Waals surface area (Å²) in [5.41, 5.74) is 0. The van der Waals surface area contributed by atoms with Crippen LogP contribution in [0.25, 0.3) is 0 Å². The number of amides is 1. The average Bonchev–Trinajstić information content (AvgIpc) is 2.95. The van der Waals surface area contributed by atoms with Gasteiger partial charge in [-0.3, -0.25) is 14.7 Å². The minimum absolute atomic E-state index is 0.0380. The van der Waals surface area contributed by atoms with E-state index in [0.717, 1.165) is 6.42 Å². The van der Waals surface area contributed by atoms with E-state index >= 15 is 0 Å². The second kappa shape index (κ2) is 5.16. The fourth-order valence-electron chi connectivity index (χ4n) is 2.12. The molecule has 1 aromatic rings. The van der Waals surface area contributed by atoms with Gasteiger partial charge in [0.25, 0.3) is 5.91 Å². The summed E-state index contributed by atoms with van der Waals surface area (Å²) in [5, 5.41) is 15.3. The van der Waals surface area contributed by atoms with Gasteiger partial charge in [0.15, 0.2) is 0 Å². The SMILES string of the molecule is CCc1nc(C(=O)N2CCC(CC(=O)O)C2)n[nH]1. The lowest BCUT2D eigenvalue weighted by molar-refractivity contribution is -0.138. The summed E-state index contributed by atoms with van der Waals surface area (Å²) in [6, 6.07) is 0. The number of aliphatic carboxylic acids is 1. The van der Waals surface area contributed by atoms with Gasteiger partial charge in [-0.2, -0.15) is 0 Å². The number of aromatic amines is 1. The summed E-state index contributed by atoms with van der Waals surface area (Å²) in [7, 11) is 0. The Hall–Kier alpha value is -1.92. The molecular formula is C11H16N4O3. The van der Waals surface area contributed by atoms with Crippen molar-refractivity contribution in [1.29, 1.82) is 0 Å². The lowest BCUT2D eigenvalue weighted by Crippen LogP contribution is -2.29. The lowest BCUT2D eigenvalue weighted by Gasteiger charge is -2.13. The Balaban J connectivity index is 1.96. The highest BCUT2D eigenvalue weighted by Gasteiger charge is 2.30. The second-order valence-corrected chi connectivity index (χ2v) is 4.46. The third kappa shape index (κ3) is 2.66. The number of hydrogen-bond donors (Lipinski definition) is 2. The number of nitrogens with zero attached hydrogens (tertiary/aromatic N) is 3. The van der Waals surface area contributed by atoms with Crippen molar-refractivity contribution in [2.45, 2.75) is 26.2 Å². The number of aromatic nitrogens is 3. The Bertz CT molecular complexity index is 457. The van der Waals surface area contributed by atoms with E-state index in [1.807, 2.05) is 6.92 Å². The molecule has 1 aromatic heterocycles. The minimum atomic E-state index is -0.819. The van der Waals surface area contributed by atoms with Crippen LogP contribution >= 0.6 is 0 Å². The number of rotatable bonds is 4. The van der Waals surface area contributed by atoms with Crippen molar-refractivity contribution in [3.8, 4) is 0 Å². The molecule has 7 heteroatoms. The number of carboxylic acids is 1. The van der Waals surface area contributed by atoms with E-state index in [4.69, 9.17) is 5.11 Å². The first kappa shape index (κ1) is 12.5. The Kier molecular flexibility index (Phi) is 3.59. The number of likely N-dealkylation sites (tertiary alicyclic amines) is 1. The van der Waals surface area contributed by atoms with Crippen molar-refractivity contribution >= 4 is 11.9 Å². The molecule has 2 N–H and O–H groups in total. The first-order valence-electron chi connectivity index (χ1n) is 6.02. The van der Waals surface area contributed by atoms with Crippen LogP contribution in [0.15, 0.2) is 0 Å². The molecule has 1 amide bonds. The fourth-order valence-corrected chi connectivity index (χ4v) is 2.12. The van der Waals surface area contributed by atoms with Crippen LogP contribution in [0.4, 0.5) is 0 Å². The highest BCUT2D eigenvalue weighted by molar-refractivity contribution is 5.90. The van der Waals surface area contributed by atoms with Crippen LogP contribution in [-0.4, -0.2) is 50.2 Å². The molecule has 7 nitrogen and oxygen atoms in total. The van der Waals surface area contributed by atoms with E-state index in [1.54, 1.807) is 4.90 Å². The van der Waals surface area contributed by atoms with Gasteiger partial charge in [-0.15, -0.1) is 5.10 Å². The Morgan fingerprint density at radius 3 is 2.94 bits per heavy atom. The summed E-state index contributed by atoms with van der Waals surface area (Å²) in [5.74, 6) is -0.155. The maximum absolute atomic E-state index is 12.0. The first-order chi connectivity index (χ1) is 8.60. The maximum Gasteiger partial charge on any atom is 0.303 e. The molecule has 2 rings (SSSR count). The third-order valence-corrected chi connectivity index (χ3v) is 3.09. The van der Waals surface area contributed by atoms with E-state index in [1.165, 1.54) is 0 Å². The minimum Gasteiger partial charge on any atom is -0.481 e. The van der Waals surface area contributed by atoms with Crippen molar-refractivity contribution in [2.75, 3.05) is 13.1 Å². The van der Waals surface area contributed by atoms with Crippen molar-refractivity contribution in [3.05, 3.63) is 11.6 Å². The molecule has 18 heavy (non-hydrogen) atoms. The zero-order valence-corrected chi connectivity index (χ0v) is 10.2. The van der Waals surface area contributed by atoms with E-state index < -0.39 is 5.97 Å². The van der Waals surface area contributed by atoms with Gasteiger partial charge in [0, 0.05) is 25.9 Å². The molecule has 1 fully saturated rings. The molecule has 1 atom stereocenters. The van der Waals surface area contributed by atoms with Crippen molar-refractivity contribution in [2.24, 2.45) is 5.92 Å². The average molecular weight is 252 g/mol. The van der Waals surface area contributed by atoms with E-state index in [-0.39, 0.29) is 24.1 Å². The summed E-state index contributed by atoms with van der Waals surface area (Å²) in [4.78, 5) is 28.4. The molecule has 98 valence electrons. The van der Waals surface area contributed by atoms with Gasteiger partial charge in [-0.25, -0.2) is 4.98 Å². The molecule has 1 aliphatic heterocycles. The van der Waals surface area contributed by atoms with Gasteiger partial charge in [-0.05, 0) is 12.3 Å². The zero-order valence-electron chi connectivity index (χ0n) is 10.2. The number of H-pyrrole nitrogens is 1.